The Morgan fingerprint density at radius 3 is 2.29 bits per heavy atom. The lowest BCUT2D eigenvalue weighted by Gasteiger charge is -2.35. The Morgan fingerprint density at radius 2 is 1.68 bits per heavy atom. The summed E-state index contributed by atoms with van der Waals surface area (Å²) in [5.74, 6) is 0.123. The highest BCUT2D eigenvalue weighted by atomic mass is 35.5. The van der Waals surface area contributed by atoms with Crippen LogP contribution < -0.4 is 5.14 Å². The molecule has 8 heteroatoms. The van der Waals surface area contributed by atoms with E-state index in [4.69, 9.17) is 16.7 Å². The fourth-order valence-electron chi connectivity index (χ4n) is 3.30. The molecular weight excluding hydrogens is 398 g/mol. The van der Waals surface area contributed by atoms with Crippen molar-refractivity contribution >= 4 is 27.5 Å². The second-order valence-corrected chi connectivity index (χ2v) is 8.97. The van der Waals surface area contributed by atoms with Crippen LogP contribution in [0.3, 0.4) is 0 Å². The largest absolute Gasteiger partial charge is 0.340 e. The summed E-state index contributed by atoms with van der Waals surface area (Å²) < 4.78 is 22.6. The number of benzene rings is 2. The van der Waals surface area contributed by atoms with Crippen molar-refractivity contribution in [3.63, 3.8) is 0 Å². The Balaban J connectivity index is 1.45. The Kier molecular flexibility index (Phi) is 6.72. The maximum absolute atomic E-state index is 12.5. The first-order chi connectivity index (χ1) is 13.3. The van der Waals surface area contributed by atoms with E-state index in [1.165, 1.54) is 17.7 Å². The second kappa shape index (κ2) is 9.05. The number of carbonyl (C=O) groups excluding carboxylic acids is 1. The zero-order chi connectivity index (χ0) is 20.1. The van der Waals surface area contributed by atoms with Gasteiger partial charge in [-0.25, -0.2) is 13.6 Å². The van der Waals surface area contributed by atoms with E-state index in [2.05, 4.69) is 11.0 Å². The molecule has 0 atom stereocenters. The van der Waals surface area contributed by atoms with Gasteiger partial charge in [0, 0.05) is 44.2 Å². The number of nitrogens with zero attached hydrogens (tertiary/aromatic N) is 2. The smallest absolute Gasteiger partial charge is 0.238 e. The van der Waals surface area contributed by atoms with Gasteiger partial charge in [0.15, 0.2) is 0 Å². The number of rotatable bonds is 6. The third-order valence-corrected chi connectivity index (χ3v) is 6.06. The Labute approximate surface area is 170 Å². The first-order valence-electron chi connectivity index (χ1n) is 9.17. The van der Waals surface area contributed by atoms with Gasteiger partial charge in [-0.15, -0.1) is 0 Å². The van der Waals surface area contributed by atoms with Gasteiger partial charge < -0.3 is 4.90 Å². The SMILES string of the molecule is NS(=O)(=O)c1ccc(CCC(=O)N2CCN(Cc3cccc(Cl)c3)CC2)cc1. The minimum Gasteiger partial charge on any atom is -0.340 e. The zero-order valence-electron chi connectivity index (χ0n) is 15.6. The number of hydrogen-bond donors (Lipinski definition) is 1. The Bertz CT molecular complexity index is 924. The number of sulfonamides is 1. The van der Waals surface area contributed by atoms with Crippen molar-refractivity contribution < 1.29 is 13.2 Å². The summed E-state index contributed by atoms with van der Waals surface area (Å²) >= 11 is 6.04. The van der Waals surface area contributed by atoms with Crippen LogP contribution in [0.4, 0.5) is 0 Å². The van der Waals surface area contributed by atoms with Crippen LogP contribution in [0.5, 0.6) is 0 Å². The van der Waals surface area contributed by atoms with Crippen molar-refractivity contribution in [2.45, 2.75) is 24.3 Å². The molecule has 2 aromatic carbocycles. The normalized spacial score (nSPS) is 15.6. The number of nitrogens with two attached hydrogens (primary N) is 1. The first-order valence-corrected chi connectivity index (χ1v) is 11.1. The van der Waals surface area contributed by atoms with E-state index in [1.54, 1.807) is 12.1 Å². The van der Waals surface area contributed by atoms with Crippen molar-refractivity contribution in [1.29, 1.82) is 0 Å². The molecule has 1 saturated heterocycles. The third-order valence-electron chi connectivity index (χ3n) is 4.90. The number of piperazine rings is 1. The number of carbonyl (C=O) groups is 1. The molecule has 1 heterocycles. The van der Waals surface area contributed by atoms with Crippen LogP contribution in [-0.2, 0) is 27.8 Å². The van der Waals surface area contributed by atoms with Gasteiger partial charge in [0.25, 0.3) is 0 Å². The van der Waals surface area contributed by atoms with Crippen LogP contribution in [0, 0.1) is 0 Å². The predicted molar refractivity (Wildman–Crippen MR) is 109 cm³/mol. The van der Waals surface area contributed by atoms with Crippen molar-refractivity contribution in [1.82, 2.24) is 9.80 Å². The standard InChI is InChI=1S/C20H24ClN3O3S/c21-18-3-1-2-17(14-18)15-23-10-12-24(13-11-23)20(25)9-6-16-4-7-19(8-5-16)28(22,26)27/h1-5,7-8,14H,6,9-13,15H2,(H2,22,26,27). The summed E-state index contributed by atoms with van der Waals surface area (Å²) in [6.07, 6.45) is 0.982. The summed E-state index contributed by atoms with van der Waals surface area (Å²) in [6.45, 7) is 3.93. The van der Waals surface area contributed by atoms with Crippen molar-refractivity contribution in [2.24, 2.45) is 5.14 Å². The molecule has 6 nitrogen and oxygen atoms in total. The molecule has 0 bridgehead atoms. The number of hydrogen-bond acceptors (Lipinski definition) is 4. The molecule has 1 fully saturated rings. The van der Waals surface area contributed by atoms with E-state index in [-0.39, 0.29) is 10.8 Å². The molecule has 150 valence electrons. The van der Waals surface area contributed by atoms with Crippen molar-refractivity contribution in [3.8, 4) is 0 Å². The molecule has 0 aliphatic carbocycles. The van der Waals surface area contributed by atoms with Crippen molar-refractivity contribution in [2.75, 3.05) is 26.2 Å². The molecule has 0 spiro atoms. The minimum absolute atomic E-state index is 0.0819. The van der Waals surface area contributed by atoms with Crippen molar-refractivity contribution in [3.05, 3.63) is 64.7 Å². The number of amides is 1. The van der Waals surface area contributed by atoms with Gasteiger partial charge in [0.2, 0.25) is 15.9 Å². The molecule has 0 saturated carbocycles. The lowest BCUT2D eigenvalue weighted by molar-refractivity contribution is -0.133. The maximum atomic E-state index is 12.5. The van der Waals surface area contributed by atoms with Crippen LogP contribution >= 0.6 is 11.6 Å². The minimum atomic E-state index is -3.69. The fourth-order valence-corrected chi connectivity index (χ4v) is 4.03. The number of aryl methyl sites for hydroxylation is 1. The topological polar surface area (TPSA) is 83.7 Å². The molecule has 3 rings (SSSR count). The lowest BCUT2D eigenvalue weighted by atomic mass is 10.1. The molecule has 1 aliphatic heterocycles. The van der Waals surface area contributed by atoms with E-state index in [1.807, 2.05) is 23.1 Å². The van der Waals surface area contributed by atoms with E-state index in [9.17, 15) is 13.2 Å². The first kappa shape index (κ1) is 20.8. The fraction of sp³-hybridized carbons (Fsp3) is 0.350. The molecule has 0 radical (unpaired) electrons. The molecule has 2 aromatic rings. The highest BCUT2D eigenvalue weighted by Gasteiger charge is 2.21. The van der Waals surface area contributed by atoms with Gasteiger partial charge >= 0.3 is 0 Å². The molecule has 0 aromatic heterocycles. The lowest BCUT2D eigenvalue weighted by Crippen LogP contribution is -2.48. The van der Waals surface area contributed by atoms with Gasteiger partial charge in [0.05, 0.1) is 4.90 Å². The average molecular weight is 422 g/mol. The average Bonchev–Trinajstić information content (AvgIpc) is 2.66. The second-order valence-electron chi connectivity index (χ2n) is 6.98. The Hall–Kier alpha value is -1.93. The van der Waals surface area contributed by atoms with Crippen LogP contribution in [0.25, 0.3) is 0 Å². The van der Waals surface area contributed by atoms with Gasteiger partial charge in [-0.2, -0.15) is 0 Å². The van der Waals surface area contributed by atoms with Gasteiger partial charge in [-0.3, -0.25) is 9.69 Å². The quantitative estimate of drug-likeness (QED) is 0.775. The van der Waals surface area contributed by atoms with E-state index in [0.717, 1.165) is 30.2 Å². The highest BCUT2D eigenvalue weighted by Crippen LogP contribution is 2.15. The summed E-state index contributed by atoms with van der Waals surface area (Å²) in [5, 5.41) is 5.83. The van der Waals surface area contributed by atoms with Crippen LogP contribution in [0.15, 0.2) is 53.4 Å². The molecule has 1 amide bonds. The van der Waals surface area contributed by atoms with Gasteiger partial charge in [-0.05, 0) is 41.8 Å². The molecule has 1 aliphatic rings. The van der Waals surface area contributed by atoms with Crippen LogP contribution in [0.2, 0.25) is 5.02 Å². The summed E-state index contributed by atoms with van der Waals surface area (Å²) in [7, 11) is -3.69. The number of primary sulfonamides is 1. The summed E-state index contributed by atoms with van der Waals surface area (Å²) in [5.41, 5.74) is 2.09. The van der Waals surface area contributed by atoms with E-state index in [0.29, 0.717) is 25.9 Å². The van der Waals surface area contributed by atoms with E-state index >= 15 is 0 Å². The van der Waals surface area contributed by atoms with Crippen LogP contribution in [-0.4, -0.2) is 50.3 Å². The van der Waals surface area contributed by atoms with Gasteiger partial charge in [-0.1, -0.05) is 35.9 Å². The maximum Gasteiger partial charge on any atom is 0.238 e. The molecule has 2 N–H and O–H groups in total. The molecule has 28 heavy (non-hydrogen) atoms. The van der Waals surface area contributed by atoms with E-state index < -0.39 is 10.0 Å². The monoisotopic (exact) mass is 421 g/mol. The van der Waals surface area contributed by atoms with Crippen LogP contribution in [0.1, 0.15) is 17.5 Å². The third kappa shape index (κ3) is 5.78. The summed E-state index contributed by atoms with van der Waals surface area (Å²) in [6, 6.07) is 14.2. The highest BCUT2D eigenvalue weighted by molar-refractivity contribution is 7.89. The Morgan fingerprint density at radius 1 is 1.00 bits per heavy atom. The zero-order valence-corrected chi connectivity index (χ0v) is 17.1. The predicted octanol–water partition coefficient (Wildman–Crippen LogP) is 2.26. The molecule has 0 unspecified atom stereocenters. The number of halogens is 1. The summed E-state index contributed by atoms with van der Waals surface area (Å²) in [4.78, 5) is 16.8. The van der Waals surface area contributed by atoms with Gasteiger partial charge in [0.1, 0.15) is 0 Å². The molecular formula is C20H24ClN3O3S.